The van der Waals surface area contributed by atoms with Gasteiger partial charge in [0.05, 0.1) is 0 Å². The first-order valence-electron chi connectivity index (χ1n) is 4.93. The van der Waals surface area contributed by atoms with Crippen LogP contribution < -0.4 is 10.9 Å². The summed E-state index contributed by atoms with van der Waals surface area (Å²) in [6.45, 7) is 3.74. The van der Waals surface area contributed by atoms with E-state index in [1.165, 1.54) is 17.7 Å². The van der Waals surface area contributed by atoms with E-state index in [1.54, 1.807) is 0 Å². The molecule has 0 spiro atoms. The van der Waals surface area contributed by atoms with Crippen LogP contribution in [-0.4, -0.2) is 22.5 Å². The lowest BCUT2D eigenvalue weighted by Gasteiger charge is -2.13. The van der Waals surface area contributed by atoms with Crippen LogP contribution in [0.15, 0.2) is 10.9 Å². The summed E-state index contributed by atoms with van der Waals surface area (Å²) in [6.07, 6.45) is 0. The summed E-state index contributed by atoms with van der Waals surface area (Å²) in [4.78, 5) is 27.0. The molecule has 0 aliphatic rings. The van der Waals surface area contributed by atoms with Gasteiger partial charge in [0.25, 0.3) is 5.56 Å². The van der Waals surface area contributed by atoms with E-state index in [-0.39, 0.29) is 29.1 Å². The van der Waals surface area contributed by atoms with E-state index in [2.05, 4.69) is 10.3 Å². The fraction of sp³-hybridized carbons (Fsp3) is 0.500. The first-order chi connectivity index (χ1) is 7.45. The van der Waals surface area contributed by atoms with Crippen molar-refractivity contribution >= 4 is 17.5 Å². The summed E-state index contributed by atoms with van der Waals surface area (Å²) in [5.74, 6) is 0.297. The topological polar surface area (TPSA) is 64.0 Å². The Morgan fingerprint density at radius 3 is 2.75 bits per heavy atom. The second-order valence-electron chi connectivity index (χ2n) is 3.69. The highest BCUT2D eigenvalue weighted by Gasteiger charge is 2.13. The Labute approximate surface area is 98.4 Å². The molecule has 6 heteroatoms. The summed E-state index contributed by atoms with van der Waals surface area (Å²) in [7, 11) is 1.52. The van der Waals surface area contributed by atoms with E-state index in [9.17, 15) is 9.59 Å². The zero-order valence-corrected chi connectivity index (χ0v) is 10.2. The minimum absolute atomic E-state index is 0.0241. The van der Waals surface area contributed by atoms with Crippen LogP contribution in [0.25, 0.3) is 0 Å². The number of hydrogen-bond donors (Lipinski definition) is 1. The second-order valence-corrected chi connectivity index (χ2v) is 4.08. The fourth-order valence-electron chi connectivity index (χ4n) is 1.32. The van der Waals surface area contributed by atoms with Crippen LogP contribution in [0, 0.1) is 0 Å². The highest BCUT2D eigenvalue weighted by Crippen LogP contribution is 2.12. The highest BCUT2D eigenvalue weighted by molar-refractivity contribution is 6.29. The van der Waals surface area contributed by atoms with Crippen molar-refractivity contribution in [2.45, 2.75) is 26.3 Å². The molecule has 0 atom stereocenters. The SMILES string of the molecule is CNC(=O)Cn1c(C(C)C)nc(Cl)cc1=O. The quantitative estimate of drug-likeness (QED) is 0.798. The second kappa shape index (κ2) is 5.12. The molecule has 0 unspecified atom stereocenters. The molecule has 1 amide bonds. The van der Waals surface area contributed by atoms with Crippen molar-refractivity contribution in [3.8, 4) is 0 Å². The van der Waals surface area contributed by atoms with Gasteiger partial charge >= 0.3 is 0 Å². The third kappa shape index (κ3) is 2.82. The molecule has 0 radical (unpaired) electrons. The molecule has 0 fully saturated rings. The molecule has 1 heterocycles. The van der Waals surface area contributed by atoms with Gasteiger partial charge in [-0.1, -0.05) is 25.4 Å². The van der Waals surface area contributed by atoms with E-state index in [1.807, 2.05) is 13.8 Å². The number of likely N-dealkylation sites (N-methyl/N-ethyl adjacent to an activating group) is 1. The van der Waals surface area contributed by atoms with Gasteiger partial charge in [-0.05, 0) is 0 Å². The predicted molar refractivity (Wildman–Crippen MR) is 61.7 cm³/mol. The smallest absolute Gasteiger partial charge is 0.255 e. The molecule has 0 aliphatic heterocycles. The number of amides is 1. The van der Waals surface area contributed by atoms with E-state index >= 15 is 0 Å². The van der Waals surface area contributed by atoms with Crippen molar-refractivity contribution in [3.63, 3.8) is 0 Å². The number of nitrogens with zero attached hydrogens (tertiary/aromatic N) is 2. The maximum Gasteiger partial charge on any atom is 0.255 e. The average Bonchev–Trinajstić information content (AvgIpc) is 2.20. The largest absolute Gasteiger partial charge is 0.358 e. The maximum absolute atomic E-state index is 11.7. The van der Waals surface area contributed by atoms with Gasteiger partial charge in [-0.3, -0.25) is 14.2 Å². The Hall–Kier alpha value is -1.36. The third-order valence-electron chi connectivity index (χ3n) is 2.10. The molecule has 16 heavy (non-hydrogen) atoms. The Morgan fingerprint density at radius 2 is 2.25 bits per heavy atom. The van der Waals surface area contributed by atoms with Gasteiger partial charge < -0.3 is 5.32 Å². The summed E-state index contributed by atoms with van der Waals surface area (Å²) < 4.78 is 1.33. The molecule has 1 aromatic heterocycles. The zero-order valence-electron chi connectivity index (χ0n) is 9.45. The first kappa shape index (κ1) is 12.7. The van der Waals surface area contributed by atoms with Crippen LogP contribution in [0.1, 0.15) is 25.6 Å². The molecule has 0 aromatic carbocycles. The van der Waals surface area contributed by atoms with Crippen molar-refractivity contribution in [3.05, 3.63) is 27.4 Å². The van der Waals surface area contributed by atoms with E-state index < -0.39 is 0 Å². The maximum atomic E-state index is 11.7. The van der Waals surface area contributed by atoms with Gasteiger partial charge in [0.2, 0.25) is 5.91 Å². The van der Waals surface area contributed by atoms with Gasteiger partial charge in [0, 0.05) is 19.0 Å². The Kier molecular flexibility index (Phi) is 4.06. The van der Waals surface area contributed by atoms with Crippen molar-refractivity contribution in [1.29, 1.82) is 0 Å². The number of nitrogens with one attached hydrogen (secondary N) is 1. The lowest BCUT2D eigenvalue weighted by atomic mass is 10.2. The van der Waals surface area contributed by atoms with Crippen molar-refractivity contribution < 1.29 is 4.79 Å². The number of hydrogen-bond acceptors (Lipinski definition) is 3. The molecule has 1 N–H and O–H groups in total. The van der Waals surface area contributed by atoms with Crippen LogP contribution in [0.4, 0.5) is 0 Å². The lowest BCUT2D eigenvalue weighted by Crippen LogP contribution is -2.33. The molecular weight excluding hydrogens is 230 g/mol. The highest BCUT2D eigenvalue weighted by atomic mass is 35.5. The molecule has 1 rings (SSSR count). The summed E-state index contributed by atoms with van der Waals surface area (Å²) in [6, 6.07) is 1.20. The molecular formula is C10H14ClN3O2. The molecule has 0 bridgehead atoms. The third-order valence-corrected chi connectivity index (χ3v) is 2.30. The molecule has 88 valence electrons. The summed E-state index contributed by atoms with van der Waals surface area (Å²) in [5, 5.41) is 2.62. The summed E-state index contributed by atoms with van der Waals surface area (Å²) in [5.41, 5.74) is -0.313. The molecule has 0 saturated carbocycles. The number of carbonyl (C=O) groups excluding carboxylic acids is 1. The number of halogens is 1. The monoisotopic (exact) mass is 243 g/mol. The van der Waals surface area contributed by atoms with Gasteiger partial charge in [-0.15, -0.1) is 0 Å². The van der Waals surface area contributed by atoms with Crippen LogP contribution in [0.3, 0.4) is 0 Å². The minimum Gasteiger partial charge on any atom is -0.358 e. The molecule has 5 nitrogen and oxygen atoms in total. The van der Waals surface area contributed by atoms with Crippen LogP contribution >= 0.6 is 11.6 Å². The van der Waals surface area contributed by atoms with Crippen LogP contribution in [-0.2, 0) is 11.3 Å². The van der Waals surface area contributed by atoms with E-state index in [4.69, 9.17) is 11.6 Å². The molecule has 1 aromatic rings. The molecule has 0 aliphatic carbocycles. The number of aromatic nitrogens is 2. The standard InChI is InChI=1S/C10H14ClN3O2/c1-6(2)10-13-7(11)4-9(16)14(10)5-8(15)12-3/h4,6H,5H2,1-3H3,(H,12,15). The van der Waals surface area contributed by atoms with Gasteiger partial charge in [0.15, 0.2) is 0 Å². The normalized spacial score (nSPS) is 10.6. The lowest BCUT2D eigenvalue weighted by molar-refractivity contribution is -0.121. The molecule has 0 saturated heterocycles. The minimum atomic E-state index is -0.313. The fourth-order valence-corrected chi connectivity index (χ4v) is 1.50. The number of carbonyl (C=O) groups is 1. The van der Waals surface area contributed by atoms with Gasteiger partial charge in [-0.2, -0.15) is 0 Å². The van der Waals surface area contributed by atoms with Crippen LogP contribution in [0.2, 0.25) is 5.15 Å². The van der Waals surface area contributed by atoms with Gasteiger partial charge in [-0.25, -0.2) is 4.98 Å². The first-order valence-corrected chi connectivity index (χ1v) is 5.31. The van der Waals surface area contributed by atoms with E-state index in [0.717, 1.165) is 0 Å². The predicted octanol–water partition coefficient (Wildman–Crippen LogP) is 0.766. The summed E-state index contributed by atoms with van der Waals surface area (Å²) >= 11 is 5.71. The van der Waals surface area contributed by atoms with E-state index in [0.29, 0.717) is 5.82 Å². The average molecular weight is 244 g/mol. The Morgan fingerprint density at radius 1 is 1.62 bits per heavy atom. The van der Waals surface area contributed by atoms with Crippen molar-refractivity contribution in [2.75, 3.05) is 7.05 Å². The van der Waals surface area contributed by atoms with Gasteiger partial charge in [0.1, 0.15) is 17.5 Å². The Bertz CT molecular complexity index is 454. The van der Waals surface area contributed by atoms with Crippen molar-refractivity contribution in [2.24, 2.45) is 0 Å². The van der Waals surface area contributed by atoms with Crippen molar-refractivity contribution in [1.82, 2.24) is 14.9 Å². The van der Waals surface area contributed by atoms with Crippen LogP contribution in [0.5, 0.6) is 0 Å². The zero-order chi connectivity index (χ0) is 12.3. The number of rotatable bonds is 3. The Balaban J connectivity index is 3.24.